The molecule has 1 aromatic carbocycles. The van der Waals surface area contributed by atoms with Gasteiger partial charge in [0.2, 0.25) is 15.9 Å². The monoisotopic (exact) mass is 260 g/mol. The van der Waals surface area contributed by atoms with E-state index in [0.29, 0.717) is 0 Å². The van der Waals surface area contributed by atoms with Crippen LogP contribution in [0.5, 0.6) is 0 Å². The van der Waals surface area contributed by atoms with Gasteiger partial charge in [-0.15, -0.1) is 0 Å². The number of hydrogen-bond acceptors (Lipinski definition) is 3. The van der Waals surface area contributed by atoms with Crippen LogP contribution in [0, 0.1) is 5.82 Å². The van der Waals surface area contributed by atoms with Gasteiger partial charge in [-0.3, -0.25) is 9.10 Å². The van der Waals surface area contributed by atoms with Gasteiger partial charge in [0.1, 0.15) is 11.9 Å². The Labute approximate surface area is 99.1 Å². The van der Waals surface area contributed by atoms with Crippen molar-refractivity contribution in [3.05, 3.63) is 30.1 Å². The van der Waals surface area contributed by atoms with Crippen LogP contribution in [-0.2, 0) is 14.8 Å². The third-order valence-corrected chi connectivity index (χ3v) is 3.43. The first-order chi connectivity index (χ1) is 7.73. The molecule has 17 heavy (non-hydrogen) atoms. The van der Waals surface area contributed by atoms with E-state index in [-0.39, 0.29) is 5.69 Å². The van der Waals surface area contributed by atoms with Crippen LogP contribution in [0.2, 0.25) is 0 Å². The highest BCUT2D eigenvalue weighted by Gasteiger charge is 2.27. The van der Waals surface area contributed by atoms with Crippen molar-refractivity contribution in [2.24, 2.45) is 5.73 Å². The molecule has 0 fully saturated rings. The van der Waals surface area contributed by atoms with Gasteiger partial charge in [-0.05, 0) is 25.1 Å². The maximum atomic E-state index is 13.0. The Balaban J connectivity index is 3.30. The maximum Gasteiger partial charge on any atom is 0.241 e. The van der Waals surface area contributed by atoms with Crippen molar-refractivity contribution in [2.75, 3.05) is 10.6 Å². The second-order valence-electron chi connectivity index (χ2n) is 3.62. The second-order valence-corrected chi connectivity index (χ2v) is 5.48. The Kier molecular flexibility index (Phi) is 3.72. The number of halogens is 1. The summed E-state index contributed by atoms with van der Waals surface area (Å²) in [5, 5.41) is 0. The highest BCUT2D eigenvalue weighted by atomic mass is 32.2. The number of rotatable bonds is 4. The number of primary amides is 1. The molecule has 1 unspecified atom stereocenters. The summed E-state index contributed by atoms with van der Waals surface area (Å²) in [5.41, 5.74) is 5.14. The van der Waals surface area contributed by atoms with Crippen LogP contribution in [0.15, 0.2) is 24.3 Å². The van der Waals surface area contributed by atoms with Gasteiger partial charge in [0.05, 0.1) is 11.9 Å². The smallest absolute Gasteiger partial charge is 0.241 e. The summed E-state index contributed by atoms with van der Waals surface area (Å²) in [6.07, 6.45) is 0.928. The predicted octanol–water partition coefficient (Wildman–Crippen LogP) is 0.465. The number of amides is 1. The topological polar surface area (TPSA) is 80.5 Å². The Bertz CT molecular complexity index is 530. The summed E-state index contributed by atoms with van der Waals surface area (Å²) in [7, 11) is -3.71. The van der Waals surface area contributed by atoms with Crippen molar-refractivity contribution < 1.29 is 17.6 Å². The molecule has 94 valence electrons. The summed E-state index contributed by atoms with van der Waals surface area (Å²) in [6.45, 7) is 1.34. The molecule has 0 aliphatic rings. The van der Waals surface area contributed by atoms with Crippen molar-refractivity contribution in [1.29, 1.82) is 0 Å². The SMILES string of the molecule is CC(C(N)=O)N(c1cccc(F)c1)S(C)(=O)=O. The second kappa shape index (κ2) is 4.70. The highest BCUT2D eigenvalue weighted by Crippen LogP contribution is 2.21. The number of anilines is 1. The minimum absolute atomic E-state index is 0.0683. The molecule has 1 amide bonds. The summed E-state index contributed by atoms with van der Waals surface area (Å²) in [6, 6.07) is 3.88. The zero-order valence-corrected chi connectivity index (χ0v) is 10.2. The van der Waals surface area contributed by atoms with Crippen LogP contribution in [0.4, 0.5) is 10.1 Å². The lowest BCUT2D eigenvalue weighted by Crippen LogP contribution is -2.45. The van der Waals surface area contributed by atoms with Gasteiger partial charge in [0.15, 0.2) is 0 Å². The average Bonchev–Trinajstić information content (AvgIpc) is 2.15. The largest absolute Gasteiger partial charge is 0.368 e. The van der Waals surface area contributed by atoms with E-state index in [0.717, 1.165) is 16.6 Å². The Morgan fingerprint density at radius 2 is 2.06 bits per heavy atom. The summed E-state index contributed by atoms with van der Waals surface area (Å²) < 4.78 is 37.0. The predicted molar refractivity (Wildman–Crippen MR) is 62.4 cm³/mol. The van der Waals surface area contributed by atoms with Crippen molar-refractivity contribution in [3.63, 3.8) is 0 Å². The Morgan fingerprint density at radius 1 is 1.47 bits per heavy atom. The number of benzene rings is 1. The molecule has 2 N–H and O–H groups in total. The van der Waals surface area contributed by atoms with Gasteiger partial charge in [0, 0.05) is 0 Å². The fraction of sp³-hybridized carbons (Fsp3) is 0.300. The molecule has 0 spiro atoms. The molecule has 0 saturated carbocycles. The van der Waals surface area contributed by atoms with E-state index in [1.54, 1.807) is 0 Å². The fourth-order valence-corrected chi connectivity index (χ4v) is 2.61. The number of hydrogen-bond donors (Lipinski definition) is 1. The lowest BCUT2D eigenvalue weighted by Gasteiger charge is -2.26. The molecular formula is C10H13FN2O3S. The van der Waals surface area contributed by atoms with E-state index < -0.39 is 27.8 Å². The first kappa shape index (κ1) is 13.4. The molecule has 5 nitrogen and oxygen atoms in total. The number of nitrogens with zero attached hydrogens (tertiary/aromatic N) is 1. The number of carbonyl (C=O) groups excluding carboxylic acids is 1. The summed E-state index contributed by atoms with van der Waals surface area (Å²) in [5.74, 6) is -1.40. The van der Waals surface area contributed by atoms with E-state index in [1.165, 1.54) is 25.1 Å². The molecule has 7 heteroatoms. The van der Waals surface area contributed by atoms with Gasteiger partial charge >= 0.3 is 0 Å². The molecule has 1 aromatic rings. The normalized spacial score (nSPS) is 13.1. The van der Waals surface area contributed by atoms with E-state index in [2.05, 4.69) is 0 Å². The summed E-state index contributed by atoms with van der Waals surface area (Å²) in [4.78, 5) is 11.1. The lowest BCUT2D eigenvalue weighted by molar-refractivity contribution is -0.118. The Hall–Kier alpha value is -1.63. The van der Waals surface area contributed by atoms with Gasteiger partial charge in [-0.25, -0.2) is 12.8 Å². The lowest BCUT2D eigenvalue weighted by atomic mass is 10.2. The maximum absolute atomic E-state index is 13.0. The zero-order valence-electron chi connectivity index (χ0n) is 9.42. The highest BCUT2D eigenvalue weighted by molar-refractivity contribution is 7.92. The standard InChI is InChI=1S/C10H13FN2O3S/c1-7(10(12)14)13(17(2,15)16)9-5-3-4-8(11)6-9/h3-7H,1-2H3,(H2,12,14). The minimum Gasteiger partial charge on any atom is -0.368 e. The fourth-order valence-electron chi connectivity index (χ4n) is 1.43. The third-order valence-electron chi connectivity index (χ3n) is 2.18. The quantitative estimate of drug-likeness (QED) is 0.854. The van der Waals surface area contributed by atoms with Crippen molar-refractivity contribution in [1.82, 2.24) is 0 Å². The Morgan fingerprint density at radius 3 is 2.47 bits per heavy atom. The van der Waals surface area contributed by atoms with Crippen molar-refractivity contribution in [2.45, 2.75) is 13.0 Å². The molecule has 0 aromatic heterocycles. The molecule has 1 rings (SSSR count). The van der Waals surface area contributed by atoms with Crippen LogP contribution < -0.4 is 10.0 Å². The first-order valence-corrected chi connectivity index (χ1v) is 6.62. The van der Waals surface area contributed by atoms with Gasteiger partial charge in [0.25, 0.3) is 0 Å². The summed E-state index contributed by atoms with van der Waals surface area (Å²) >= 11 is 0. The van der Waals surface area contributed by atoms with E-state index in [9.17, 15) is 17.6 Å². The van der Waals surface area contributed by atoms with Gasteiger partial charge < -0.3 is 5.73 Å². The van der Waals surface area contributed by atoms with Crippen molar-refractivity contribution >= 4 is 21.6 Å². The first-order valence-electron chi connectivity index (χ1n) is 4.78. The van der Waals surface area contributed by atoms with Crippen LogP contribution in [-0.4, -0.2) is 26.6 Å². The molecule has 1 atom stereocenters. The van der Waals surface area contributed by atoms with Crippen LogP contribution >= 0.6 is 0 Å². The molecule has 0 heterocycles. The van der Waals surface area contributed by atoms with Crippen LogP contribution in [0.1, 0.15) is 6.92 Å². The number of carbonyl (C=O) groups is 1. The van der Waals surface area contributed by atoms with Gasteiger partial charge in [-0.1, -0.05) is 6.07 Å². The molecule has 0 bridgehead atoms. The van der Waals surface area contributed by atoms with Crippen LogP contribution in [0.3, 0.4) is 0 Å². The molecule has 0 aliphatic heterocycles. The molecule has 0 saturated heterocycles. The van der Waals surface area contributed by atoms with Crippen molar-refractivity contribution in [3.8, 4) is 0 Å². The van der Waals surface area contributed by atoms with E-state index in [4.69, 9.17) is 5.73 Å². The van der Waals surface area contributed by atoms with E-state index >= 15 is 0 Å². The minimum atomic E-state index is -3.71. The number of nitrogens with two attached hydrogens (primary N) is 1. The third kappa shape index (κ3) is 3.16. The molecule has 0 radical (unpaired) electrons. The van der Waals surface area contributed by atoms with Crippen LogP contribution in [0.25, 0.3) is 0 Å². The zero-order chi connectivity index (χ0) is 13.2. The van der Waals surface area contributed by atoms with Gasteiger partial charge in [-0.2, -0.15) is 0 Å². The molecular weight excluding hydrogens is 247 g/mol. The molecule has 0 aliphatic carbocycles. The average molecular weight is 260 g/mol. The number of sulfonamides is 1. The van der Waals surface area contributed by atoms with E-state index in [1.807, 2.05) is 0 Å².